The number of aromatic hydroxyl groups is 1. The molecule has 162 valence electrons. The lowest BCUT2D eigenvalue weighted by atomic mass is 10.2. The molecule has 14 heteroatoms. The van der Waals surface area contributed by atoms with Gasteiger partial charge in [0.15, 0.2) is 11.2 Å². The fourth-order valence-corrected chi connectivity index (χ4v) is 2.70. The average molecular weight is 430 g/mol. The molecular weight excluding hydrogens is 412 g/mol. The van der Waals surface area contributed by atoms with Crippen LogP contribution in [0.3, 0.4) is 0 Å². The number of amides is 1. The predicted octanol–water partition coefficient (Wildman–Crippen LogP) is -1.86. The van der Waals surface area contributed by atoms with E-state index in [1.54, 1.807) is 30.1 Å². The summed E-state index contributed by atoms with van der Waals surface area (Å²) in [6.07, 6.45) is 1.57. The summed E-state index contributed by atoms with van der Waals surface area (Å²) in [5.41, 5.74) is 10.1. The van der Waals surface area contributed by atoms with Gasteiger partial charge in [-0.25, -0.2) is 19.1 Å². The third kappa shape index (κ3) is 4.21. The van der Waals surface area contributed by atoms with E-state index < -0.39 is 11.9 Å². The van der Waals surface area contributed by atoms with Gasteiger partial charge in [0.25, 0.3) is 11.5 Å². The van der Waals surface area contributed by atoms with Crippen LogP contribution in [0, 0.1) is 0 Å². The molecule has 31 heavy (non-hydrogen) atoms. The molecule has 14 nitrogen and oxygen atoms in total. The Bertz CT molecular complexity index is 1320. The highest BCUT2D eigenvalue weighted by molar-refractivity contribution is 5.97. The normalized spacial score (nSPS) is 11.7. The van der Waals surface area contributed by atoms with Crippen molar-refractivity contribution in [2.24, 2.45) is 17.9 Å². The highest BCUT2D eigenvalue weighted by Crippen LogP contribution is 2.14. The zero-order chi connectivity index (χ0) is 22.7. The second-order valence-corrected chi connectivity index (χ2v) is 6.26. The number of benzene rings is 1. The van der Waals surface area contributed by atoms with Gasteiger partial charge < -0.3 is 20.2 Å². The number of nitrogens with zero attached hydrogens (tertiary/aromatic N) is 5. The number of oxime groups is 1. The lowest BCUT2D eigenvalue weighted by Crippen LogP contribution is -2.45. The van der Waals surface area contributed by atoms with Crippen molar-refractivity contribution >= 4 is 29.0 Å². The summed E-state index contributed by atoms with van der Waals surface area (Å²) in [6.45, 7) is 1.45. The first-order valence-corrected chi connectivity index (χ1v) is 8.70. The van der Waals surface area contributed by atoms with Gasteiger partial charge in [0.05, 0.1) is 11.9 Å². The predicted molar refractivity (Wildman–Crippen MR) is 107 cm³/mol. The van der Waals surface area contributed by atoms with Gasteiger partial charge in [0.2, 0.25) is 5.96 Å². The molecule has 0 unspecified atom stereocenters. The van der Waals surface area contributed by atoms with Crippen LogP contribution in [0.2, 0.25) is 0 Å². The second-order valence-electron chi connectivity index (χ2n) is 6.26. The minimum Gasteiger partial charge on any atom is -0.507 e. The zero-order valence-corrected chi connectivity index (χ0v) is 16.4. The maximum atomic E-state index is 11.6. The molecule has 3 aromatic rings. The van der Waals surface area contributed by atoms with Crippen LogP contribution in [0.5, 0.6) is 5.75 Å². The number of nitrogens with two attached hydrogens (primary N) is 1. The van der Waals surface area contributed by atoms with Gasteiger partial charge in [-0.3, -0.25) is 25.0 Å². The van der Waals surface area contributed by atoms with Crippen molar-refractivity contribution in [2.45, 2.75) is 13.6 Å². The number of imidazole rings is 1. The molecule has 1 aliphatic heterocycles. The van der Waals surface area contributed by atoms with Crippen LogP contribution >= 0.6 is 0 Å². The topological polar surface area (TPSA) is 188 Å². The van der Waals surface area contributed by atoms with Crippen molar-refractivity contribution in [3.05, 3.63) is 57.0 Å². The van der Waals surface area contributed by atoms with E-state index in [4.69, 9.17) is 5.73 Å². The van der Waals surface area contributed by atoms with E-state index in [-0.39, 0.29) is 28.5 Å². The Morgan fingerprint density at radius 1 is 1.26 bits per heavy atom. The Morgan fingerprint density at radius 3 is 2.65 bits per heavy atom. The van der Waals surface area contributed by atoms with Crippen LogP contribution in [0.15, 0.2) is 45.3 Å². The number of nitrogens with one attached hydrogen (secondary N) is 2. The van der Waals surface area contributed by atoms with Crippen LogP contribution in [-0.4, -0.2) is 41.6 Å². The molecule has 2 aromatic heterocycles. The third-order valence-corrected chi connectivity index (χ3v) is 4.12. The molecule has 0 spiro atoms. The Kier molecular flexibility index (Phi) is 5.72. The molecule has 1 aliphatic rings. The number of aryl methyl sites for hydroxylation is 1. The Labute approximate surface area is 173 Å². The minimum atomic E-state index is -0.646. The first-order valence-electron chi connectivity index (χ1n) is 8.70. The van der Waals surface area contributed by atoms with Crippen molar-refractivity contribution in [1.29, 1.82) is 0 Å². The summed E-state index contributed by atoms with van der Waals surface area (Å²) in [5.74, 6) is -1.75. The molecular formula is C17H18N8O6. The molecule has 0 saturated carbocycles. The van der Waals surface area contributed by atoms with Gasteiger partial charge >= 0.3 is 11.7 Å². The lowest BCUT2D eigenvalue weighted by molar-refractivity contribution is -0.141. The number of hydrazine groups is 1. The fraction of sp³-hybridized carbons (Fsp3) is 0.176. The Morgan fingerprint density at radius 2 is 1.97 bits per heavy atom. The number of hydrogen-bond donors (Lipinski definition) is 4. The third-order valence-electron chi connectivity index (χ3n) is 4.12. The summed E-state index contributed by atoms with van der Waals surface area (Å²) in [5, 5.41) is 12.6. The molecule has 1 amide bonds. The number of hydrogen-bond acceptors (Lipinski definition) is 8. The quantitative estimate of drug-likeness (QED) is 0.122. The number of carbonyl (C=O) groups is 2. The van der Waals surface area contributed by atoms with E-state index in [2.05, 4.69) is 25.8 Å². The summed E-state index contributed by atoms with van der Waals surface area (Å²) < 4.78 is 4.27. The molecule has 5 N–H and O–H groups in total. The van der Waals surface area contributed by atoms with Crippen molar-refractivity contribution in [2.75, 3.05) is 0 Å². The highest BCUT2D eigenvalue weighted by Gasteiger charge is 2.21. The second kappa shape index (κ2) is 8.40. The van der Waals surface area contributed by atoms with Gasteiger partial charge in [-0.1, -0.05) is 12.1 Å². The molecule has 0 atom stereocenters. The first-order chi connectivity index (χ1) is 14.7. The van der Waals surface area contributed by atoms with Crippen LogP contribution in [0.4, 0.5) is 0 Å². The van der Waals surface area contributed by atoms with E-state index in [0.29, 0.717) is 17.8 Å². The van der Waals surface area contributed by atoms with Crippen LogP contribution in [-0.2, 0) is 23.3 Å². The van der Waals surface area contributed by atoms with Gasteiger partial charge in [-0.2, -0.15) is 0 Å². The number of para-hydroxylation sites is 1. The number of rotatable bonds is 2. The summed E-state index contributed by atoms with van der Waals surface area (Å²) >= 11 is 0. The number of carbonyl (C=O) groups excluding carboxylic acids is 2. The van der Waals surface area contributed by atoms with E-state index in [1.807, 2.05) is 0 Å². The van der Waals surface area contributed by atoms with E-state index in [9.17, 15) is 24.3 Å². The van der Waals surface area contributed by atoms with Crippen LogP contribution in [0.25, 0.3) is 11.2 Å². The van der Waals surface area contributed by atoms with Gasteiger partial charge in [-0.05, 0) is 17.3 Å². The summed E-state index contributed by atoms with van der Waals surface area (Å²) in [7, 11) is 1.61. The lowest BCUT2D eigenvalue weighted by Gasteiger charge is -2.07. The molecule has 1 aromatic carbocycles. The molecule has 2 bridgehead atoms. The largest absolute Gasteiger partial charge is 0.507 e. The SMILES string of the molecule is CC(=O)ON=C(N)NNC(=O)c1ccccc1O.Cn1c(=O)n2c(=O)c3c1ncn3C2. The smallest absolute Gasteiger partial charge is 0.333 e. The number of guanidine groups is 1. The number of fused-ring (bicyclic) bond motifs is 1. The van der Waals surface area contributed by atoms with Gasteiger partial charge in [-0.15, -0.1) is 0 Å². The maximum absolute atomic E-state index is 11.6. The molecule has 0 saturated heterocycles. The summed E-state index contributed by atoms with van der Waals surface area (Å²) in [4.78, 5) is 53.2. The molecule has 0 aliphatic carbocycles. The van der Waals surface area contributed by atoms with E-state index >= 15 is 0 Å². The van der Waals surface area contributed by atoms with Gasteiger partial charge in [0.1, 0.15) is 12.4 Å². The Hall–Kier alpha value is -4.62. The molecule has 3 heterocycles. The monoisotopic (exact) mass is 430 g/mol. The number of phenols is 1. The van der Waals surface area contributed by atoms with E-state index in [1.165, 1.54) is 21.3 Å². The fourth-order valence-electron chi connectivity index (χ4n) is 2.70. The van der Waals surface area contributed by atoms with E-state index in [0.717, 1.165) is 6.92 Å². The highest BCUT2D eigenvalue weighted by atomic mass is 16.7. The Balaban J connectivity index is 0.000000183. The van der Waals surface area contributed by atoms with Crippen molar-refractivity contribution in [1.82, 2.24) is 29.5 Å². The molecule has 0 fully saturated rings. The number of phenolic OH excluding ortho intramolecular Hbond substituents is 1. The standard InChI is InChI=1S/C10H12N4O4.C7H6N4O2/c1-6(15)18-14-10(11)13-12-9(17)7-4-2-3-5-8(7)16;1-9-5-4-6(12)11(7(9)13)3-10(4)2-8-5/h2-5,16H,1H3,(H,12,17)(H3,11,13,14);2H,3H2,1H3. The zero-order valence-electron chi connectivity index (χ0n) is 16.4. The average Bonchev–Trinajstić information content (AvgIpc) is 3.27. The molecule has 4 rings (SSSR count). The summed E-state index contributed by atoms with van der Waals surface area (Å²) in [6, 6.07) is 5.96. The van der Waals surface area contributed by atoms with Gasteiger partial charge in [0, 0.05) is 14.0 Å². The first kappa shape index (κ1) is 21.1. The van der Waals surface area contributed by atoms with Crippen molar-refractivity contribution in [3.8, 4) is 5.75 Å². The molecule has 0 radical (unpaired) electrons. The minimum absolute atomic E-state index is 0.0605. The van der Waals surface area contributed by atoms with Crippen LogP contribution < -0.4 is 27.8 Å². The van der Waals surface area contributed by atoms with Crippen molar-refractivity contribution < 1.29 is 19.5 Å². The van der Waals surface area contributed by atoms with Crippen molar-refractivity contribution in [3.63, 3.8) is 0 Å². The van der Waals surface area contributed by atoms with Crippen LogP contribution in [0.1, 0.15) is 17.3 Å². The maximum Gasteiger partial charge on any atom is 0.333 e. The number of aromatic nitrogens is 4.